The first-order chi connectivity index (χ1) is 14.6. The van der Waals surface area contributed by atoms with Gasteiger partial charge >= 0.3 is 0 Å². The van der Waals surface area contributed by atoms with Crippen molar-refractivity contribution in [1.29, 1.82) is 0 Å². The van der Waals surface area contributed by atoms with Crippen molar-refractivity contribution in [3.05, 3.63) is 53.1 Å². The molecule has 4 rings (SSSR count). The Hall–Kier alpha value is -2.46. The van der Waals surface area contributed by atoms with Crippen LogP contribution in [0.1, 0.15) is 12.2 Å². The van der Waals surface area contributed by atoms with Gasteiger partial charge in [0, 0.05) is 37.7 Å². The number of thioether (sulfide) groups is 1. The van der Waals surface area contributed by atoms with Crippen LogP contribution in [0.3, 0.4) is 0 Å². The van der Waals surface area contributed by atoms with E-state index in [2.05, 4.69) is 10.3 Å². The molecule has 0 radical (unpaired) electrons. The molecule has 0 atom stereocenters. The maximum absolute atomic E-state index is 12.7. The van der Waals surface area contributed by atoms with E-state index in [1.165, 1.54) is 0 Å². The Morgan fingerprint density at radius 3 is 2.70 bits per heavy atom. The highest BCUT2D eigenvalue weighted by atomic mass is 32.2. The van der Waals surface area contributed by atoms with E-state index >= 15 is 0 Å². The number of nitrogens with zero attached hydrogens (tertiary/aromatic N) is 2. The van der Waals surface area contributed by atoms with Crippen LogP contribution in [0.5, 0.6) is 0 Å². The number of morpholine rings is 1. The Labute approximate surface area is 184 Å². The molecular formula is C21H21N3O4S2. The van der Waals surface area contributed by atoms with E-state index in [0.717, 1.165) is 35.4 Å². The SMILES string of the molecule is O=C(CCN1CCOCC1)NN1C(=O)C(=Cc2ccc(-c3ccccc3)o2)SC1=S. The average molecular weight is 444 g/mol. The highest BCUT2D eigenvalue weighted by Gasteiger charge is 2.34. The molecule has 2 fully saturated rings. The van der Waals surface area contributed by atoms with Crippen molar-refractivity contribution in [3.63, 3.8) is 0 Å². The molecule has 7 nitrogen and oxygen atoms in total. The van der Waals surface area contributed by atoms with Crippen LogP contribution >= 0.6 is 24.0 Å². The van der Waals surface area contributed by atoms with Gasteiger partial charge in [0.1, 0.15) is 11.5 Å². The summed E-state index contributed by atoms with van der Waals surface area (Å²) in [5.74, 6) is 0.660. The van der Waals surface area contributed by atoms with Gasteiger partial charge in [-0.2, -0.15) is 5.01 Å². The van der Waals surface area contributed by atoms with Gasteiger partial charge in [-0.05, 0) is 24.4 Å². The van der Waals surface area contributed by atoms with E-state index < -0.39 is 0 Å². The minimum absolute atomic E-state index is 0.247. The number of ether oxygens (including phenoxy) is 1. The molecule has 1 aromatic carbocycles. The molecule has 2 amide bonds. The predicted octanol–water partition coefficient (Wildman–Crippen LogP) is 2.90. The zero-order chi connectivity index (χ0) is 20.9. The third-order valence-corrected chi connectivity index (χ3v) is 6.05. The summed E-state index contributed by atoms with van der Waals surface area (Å²) in [5, 5.41) is 1.13. The Bertz CT molecular complexity index is 968. The number of thiocarbonyl (C=S) groups is 1. The van der Waals surface area contributed by atoms with Crippen LogP contribution in [0.2, 0.25) is 0 Å². The third kappa shape index (κ3) is 4.99. The summed E-state index contributed by atoms with van der Waals surface area (Å²) in [7, 11) is 0. The van der Waals surface area contributed by atoms with Gasteiger partial charge in [0.2, 0.25) is 5.91 Å². The third-order valence-electron chi connectivity index (χ3n) is 4.75. The molecule has 1 N–H and O–H groups in total. The van der Waals surface area contributed by atoms with Gasteiger partial charge < -0.3 is 9.15 Å². The summed E-state index contributed by atoms with van der Waals surface area (Å²) in [6.45, 7) is 3.60. The van der Waals surface area contributed by atoms with Crippen LogP contribution in [0.15, 0.2) is 51.8 Å². The number of furan rings is 1. The first-order valence-corrected chi connectivity index (χ1v) is 10.9. The van der Waals surface area contributed by atoms with Gasteiger partial charge in [-0.3, -0.25) is 19.9 Å². The second-order valence-electron chi connectivity index (χ2n) is 6.82. The lowest BCUT2D eigenvalue weighted by atomic mass is 10.2. The Kier molecular flexibility index (Phi) is 6.63. The number of carbonyl (C=O) groups is 2. The maximum Gasteiger partial charge on any atom is 0.285 e. The lowest BCUT2D eigenvalue weighted by molar-refractivity contribution is -0.133. The molecule has 156 valence electrons. The number of hydrazine groups is 1. The number of amides is 2. The number of nitrogens with one attached hydrogen (secondary N) is 1. The monoisotopic (exact) mass is 443 g/mol. The van der Waals surface area contributed by atoms with E-state index in [4.69, 9.17) is 21.4 Å². The standard InChI is InChI=1S/C21H21N3O4S2/c25-19(8-9-23-10-12-27-13-11-23)22-24-20(26)18(30-21(24)29)14-16-6-7-17(28-16)15-4-2-1-3-5-15/h1-7,14H,8-13H2,(H,22,25). The Morgan fingerprint density at radius 1 is 1.17 bits per heavy atom. The van der Waals surface area contributed by atoms with Crippen molar-refractivity contribution in [3.8, 4) is 11.3 Å². The smallest absolute Gasteiger partial charge is 0.285 e. The normalized spacial score (nSPS) is 18.9. The van der Waals surface area contributed by atoms with Crippen molar-refractivity contribution in [1.82, 2.24) is 15.3 Å². The molecule has 30 heavy (non-hydrogen) atoms. The average Bonchev–Trinajstić information content (AvgIpc) is 3.34. The van der Waals surface area contributed by atoms with Crippen LogP contribution in [-0.2, 0) is 14.3 Å². The molecule has 2 saturated heterocycles. The number of carbonyl (C=O) groups excluding carboxylic acids is 2. The largest absolute Gasteiger partial charge is 0.457 e. The fourth-order valence-electron chi connectivity index (χ4n) is 3.15. The fraction of sp³-hybridized carbons (Fsp3) is 0.286. The Balaban J connectivity index is 1.36. The van der Waals surface area contributed by atoms with Gasteiger partial charge in [-0.25, -0.2) is 0 Å². The highest BCUT2D eigenvalue weighted by Crippen LogP contribution is 2.32. The summed E-state index contributed by atoms with van der Waals surface area (Å²) in [4.78, 5) is 27.6. The maximum atomic E-state index is 12.7. The van der Waals surface area contributed by atoms with Crippen molar-refractivity contribution in [2.75, 3.05) is 32.8 Å². The fourth-order valence-corrected chi connectivity index (χ4v) is 4.31. The molecule has 0 aliphatic carbocycles. The highest BCUT2D eigenvalue weighted by molar-refractivity contribution is 8.26. The zero-order valence-electron chi connectivity index (χ0n) is 16.2. The molecule has 1 aromatic heterocycles. The number of benzene rings is 1. The second-order valence-corrected chi connectivity index (χ2v) is 8.50. The number of hydrogen-bond donors (Lipinski definition) is 1. The van der Waals surface area contributed by atoms with Gasteiger partial charge in [0.25, 0.3) is 5.91 Å². The quantitative estimate of drug-likeness (QED) is 0.544. The van der Waals surface area contributed by atoms with Gasteiger partial charge in [0.15, 0.2) is 4.32 Å². The predicted molar refractivity (Wildman–Crippen MR) is 119 cm³/mol. The van der Waals surface area contributed by atoms with Crippen LogP contribution in [0, 0.1) is 0 Å². The van der Waals surface area contributed by atoms with Crippen molar-refractivity contribution < 1.29 is 18.7 Å². The number of hydrogen-bond acceptors (Lipinski definition) is 7. The molecule has 0 spiro atoms. The van der Waals surface area contributed by atoms with Gasteiger partial charge in [-0.1, -0.05) is 42.1 Å². The topological polar surface area (TPSA) is 75.0 Å². The van der Waals surface area contributed by atoms with E-state index in [9.17, 15) is 9.59 Å². The lowest BCUT2D eigenvalue weighted by Gasteiger charge is -2.26. The molecular weight excluding hydrogens is 422 g/mol. The summed E-state index contributed by atoms with van der Waals surface area (Å²) in [6, 6.07) is 13.4. The molecule has 2 aliphatic heterocycles. The summed E-state index contributed by atoms with van der Waals surface area (Å²) in [5.41, 5.74) is 3.57. The molecule has 0 saturated carbocycles. The van der Waals surface area contributed by atoms with Gasteiger partial charge in [0.05, 0.1) is 18.1 Å². The van der Waals surface area contributed by atoms with Crippen molar-refractivity contribution >= 4 is 46.2 Å². The second kappa shape index (κ2) is 9.57. The molecule has 0 bridgehead atoms. The minimum Gasteiger partial charge on any atom is -0.457 e. The summed E-state index contributed by atoms with van der Waals surface area (Å²) < 4.78 is 11.4. The number of rotatable bonds is 6. The minimum atomic E-state index is -0.359. The van der Waals surface area contributed by atoms with E-state index in [1.807, 2.05) is 36.4 Å². The molecule has 2 aliphatic rings. The zero-order valence-corrected chi connectivity index (χ0v) is 17.8. The van der Waals surface area contributed by atoms with Crippen LogP contribution < -0.4 is 5.43 Å². The van der Waals surface area contributed by atoms with Crippen LogP contribution in [0.4, 0.5) is 0 Å². The first kappa shape index (κ1) is 20.8. The van der Waals surface area contributed by atoms with Crippen molar-refractivity contribution in [2.45, 2.75) is 6.42 Å². The summed E-state index contributed by atoms with van der Waals surface area (Å²) in [6.07, 6.45) is 1.93. The molecule has 3 heterocycles. The van der Waals surface area contributed by atoms with Crippen LogP contribution in [-0.4, -0.2) is 58.9 Å². The van der Waals surface area contributed by atoms with E-state index in [1.54, 1.807) is 12.1 Å². The lowest BCUT2D eigenvalue weighted by Crippen LogP contribution is -2.46. The van der Waals surface area contributed by atoms with E-state index in [-0.39, 0.29) is 18.2 Å². The molecule has 2 aromatic rings. The molecule has 9 heteroatoms. The van der Waals surface area contributed by atoms with Crippen LogP contribution in [0.25, 0.3) is 17.4 Å². The van der Waals surface area contributed by atoms with Gasteiger partial charge in [-0.15, -0.1) is 0 Å². The first-order valence-electron chi connectivity index (χ1n) is 9.63. The molecule has 0 unspecified atom stereocenters. The van der Waals surface area contributed by atoms with E-state index in [0.29, 0.717) is 40.5 Å². The Morgan fingerprint density at radius 2 is 1.93 bits per heavy atom. The van der Waals surface area contributed by atoms with Crippen molar-refractivity contribution in [2.24, 2.45) is 0 Å². The summed E-state index contributed by atoms with van der Waals surface area (Å²) >= 11 is 6.41.